The third-order valence-electron chi connectivity index (χ3n) is 5.60. The number of H-pyrrole nitrogens is 1. The fourth-order valence-corrected chi connectivity index (χ4v) is 4.05. The lowest BCUT2D eigenvalue weighted by atomic mass is 10.1. The van der Waals surface area contributed by atoms with Crippen LogP contribution in [0.3, 0.4) is 0 Å². The molecule has 7 nitrogen and oxygen atoms in total. The average molecular weight is 420 g/mol. The summed E-state index contributed by atoms with van der Waals surface area (Å²) in [6, 6.07) is 9.70. The fraction of sp³-hybridized carbons (Fsp3) is 0.261. The van der Waals surface area contributed by atoms with Crippen molar-refractivity contribution < 1.29 is 13.9 Å². The van der Waals surface area contributed by atoms with Gasteiger partial charge in [0.25, 0.3) is 11.5 Å². The predicted molar refractivity (Wildman–Crippen MR) is 115 cm³/mol. The number of hydrogen-bond acceptors (Lipinski definition) is 4. The van der Waals surface area contributed by atoms with E-state index in [9.17, 15) is 14.0 Å². The van der Waals surface area contributed by atoms with E-state index in [0.717, 1.165) is 35.1 Å². The van der Waals surface area contributed by atoms with Gasteiger partial charge in [-0.15, -0.1) is 0 Å². The van der Waals surface area contributed by atoms with Crippen molar-refractivity contribution in [3.05, 3.63) is 70.2 Å². The van der Waals surface area contributed by atoms with E-state index in [2.05, 4.69) is 15.3 Å². The Labute approximate surface area is 176 Å². The summed E-state index contributed by atoms with van der Waals surface area (Å²) in [5.41, 5.74) is 2.37. The molecule has 0 aliphatic carbocycles. The number of nitrogens with one attached hydrogen (secondary N) is 2. The molecule has 0 fully saturated rings. The smallest absolute Gasteiger partial charge is 0.261 e. The van der Waals surface area contributed by atoms with E-state index < -0.39 is 0 Å². The van der Waals surface area contributed by atoms with E-state index in [1.807, 2.05) is 6.20 Å². The molecule has 0 saturated heterocycles. The molecule has 1 aliphatic rings. The lowest BCUT2D eigenvalue weighted by Crippen LogP contribution is -2.30. The summed E-state index contributed by atoms with van der Waals surface area (Å²) in [5.74, 6) is 0.714. The molecule has 8 heteroatoms. The lowest BCUT2D eigenvalue weighted by Gasteiger charge is -2.09. The molecule has 0 unspecified atom stereocenters. The van der Waals surface area contributed by atoms with E-state index in [4.69, 9.17) is 4.74 Å². The minimum atomic E-state index is -0.291. The maximum Gasteiger partial charge on any atom is 0.261 e. The van der Waals surface area contributed by atoms with Crippen molar-refractivity contribution >= 4 is 27.7 Å². The number of rotatable bonds is 6. The Balaban J connectivity index is 1.19. The SMILES string of the molecule is O=C(COc1ccc2nc3n(c(=O)c2c1)CCC3)NCCc1c[nH]c2ccc(F)cc12. The van der Waals surface area contributed by atoms with Gasteiger partial charge in [0.05, 0.1) is 10.9 Å². The molecule has 2 aromatic heterocycles. The minimum Gasteiger partial charge on any atom is -0.484 e. The molecule has 0 spiro atoms. The van der Waals surface area contributed by atoms with Crippen LogP contribution in [0.25, 0.3) is 21.8 Å². The number of halogens is 1. The van der Waals surface area contributed by atoms with Crippen LogP contribution in [0.15, 0.2) is 47.4 Å². The summed E-state index contributed by atoms with van der Waals surface area (Å²) in [5, 5.41) is 4.11. The van der Waals surface area contributed by atoms with E-state index >= 15 is 0 Å². The lowest BCUT2D eigenvalue weighted by molar-refractivity contribution is -0.123. The maximum absolute atomic E-state index is 13.5. The summed E-state index contributed by atoms with van der Waals surface area (Å²) in [4.78, 5) is 32.5. The molecule has 3 heterocycles. The molecule has 2 aromatic carbocycles. The van der Waals surface area contributed by atoms with Crippen molar-refractivity contribution in [3.8, 4) is 5.75 Å². The zero-order chi connectivity index (χ0) is 21.4. The van der Waals surface area contributed by atoms with Crippen molar-refractivity contribution in [3.63, 3.8) is 0 Å². The Morgan fingerprint density at radius 1 is 1.23 bits per heavy atom. The Kier molecular flexibility index (Phi) is 4.89. The number of benzene rings is 2. The van der Waals surface area contributed by atoms with Gasteiger partial charge in [-0.1, -0.05) is 0 Å². The first-order valence-electron chi connectivity index (χ1n) is 10.3. The zero-order valence-electron chi connectivity index (χ0n) is 16.8. The van der Waals surface area contributed by atoms with Crippen molar-refractivity contribution in [1.82, 2.24) is 19.9 Å². The second-order valence-corrected chi connectivity index (χ2v) is 7.66. The average Bonchev–Trinajstić information content (AvgIpc) is 3.40. The molecule has 2 N–H and O–H groups in total. The van der Waals surface area contributed by atoms with Gasteiger partial charge < -0.3 is 15.0 Å². The van der Waals surface area contributed by atoms with Gasteiger partial charge in [0.15, 0.2) is 6.61 Å². The number of aromatic nitrogens is 3. The third-order valence-corrected chi connectivity index (χ3v) is 5.60. The number of fused-ring (bicyclic) bond motifs is 3. The van der Waals surface area contributed by atoms with Crippen LogP contribution in [-0.2, 0) is 24.2 Å². The van der Waals surface area contributed by atoms with Gasteiger partial charge in [0.2, 0.25) is 0 Å². The maximum atomic E-state index is 13.5. The van der Waals surface area contributed by atoms with E-state index in [-0.39, 0.29) is 23.9 Å². The number of carbonyl (C=O) groups is 1. The molecule has 1 amide bonds. The predicted octanol–water partition coefficient (Wildman–Crippen LogP) is 2.70. The van der Waals surface area contributed by atoms with Gasteiger partial charge >= 0.3 is 0 Å². The first kappa shape index (κ1) is 19.3. The standard InChI is InChI=1S/C23H21FN4O3/c24-15-3-5-19-17(10-15)14(12-26-19)7-8-25-22(29)13-31-16-4-6-20-18(11-16)23(30)28-9-1-2-21(28)27-20/h3-6,10-12,26H,1-2,7-9,13H2,(H,25,29). The molecule has 0 bridgehead atoms. The van der Waals surface area contributed by atoms with Crippen LogP contribution in [0.4, 0.5) is 4.39 Å². The molecule has 158 valence electrons. The molecular weight excluding hydrogens is 399 g/mol. The van der Waals surface area contributed by atoms with Crippen LogP contribution in [0.1, 0.15) is 17.8 Å². The topological polar surface area (TPSA) is 89.0 Å². The first-order valence-corrected chi connectivity index (χ1v) is 10.3. The third kappa shape index (κ3) is 3.76. The monoisotopic (exact) mass is 420 g/mol. The van der Waals surface area contributed by atoms with Crippen LogP contribution in [0.5, 0.6) is 5.75 Å². The summed E-state index contributed by atoms with van der Waals surface area (Å²) in [7, 11) is 0. The summed E-state index contributed by atoms with van der Waals surface area (Å²) in [6.45, 7) is 0.933. The number of carbonyl (C=O) groups excluding carboxylic acids is 1. The van der Waals surface area contributed by atoms with E-state index in [1.165, 1.54) is 12.1 Å². The Hall–Kier alpha value is -3.68. The van der Waals surface area contributed by atoms with Crippen LogP contribution < -0.4 is 15.6 Å². The molecule has 5 rings (SSSR count). The van der Waals surface area contributed by atoms with Gasteiger partial charge in [-0.25, -0.2) is 9.37 Å². The van der Waals surface area contributed by atoms with Crippen LogP contribution in [-0.4, -0.2) is 33.6 Å². The summed E-state index contributed by atoms with van der Waals surface area (Å²) in [6.07, 6.45) is 4.14. The minimum absolute atomic E-state index is 0.0671. The highest BCUT2D eigenvalue weighted by Gasteiger charge is 2.16. The number of amides is 1. The van der Waals surface area contributed by atoms with Crippen molar-refractivity contribution in [1.29, 1.82) is 0 Å². The zero-order valence-corrected chi connectivity index (χ0v) is 16.8. The number of ether oxygens (including phenoxy) is 1. The summed E-state index contributed by atoms with van der Waals surface area (Å²) < 4.78 is 20.8. The molecule has 4 aromatic rings. The van der Waals surface area contributed by atoms with Gasteiger partial charge in [-0.3, -0.25) is 14.2 Å². The van der Waals surface area contributed by atoms with Gasteiger partial charge in [-0.2, -0.15) is 0 Å². The van der Waals surface area contributed by atoms with E-state index in [1.54, 1.807) is 28.8 Å². The second-order valence-electron chi connectivity index (χ2n) is 7.66. The second kappa shape index (κ2) is 7.86. The van der Waals surface area contributed by atoms with Crippen LogP contribution in [0.2, 0.25) is 0 Å². The Bertz CT molecular complexity index is 1360. The van der Waals surface area contributed by atoms with E-state index in [0.29, 0.717) is 36.2 Å². The Morgan fingerprint density at radius 3 is 3.03 bits per heavy atom. The fourth-order valence-electron chi connectivity index (χ4n) is 4.05. The summed E-state index contributed by atoms with van der Waals surface area (Å²) >= 11 is 0. The largest absolute Gasteiger partial charge is 0.484 e. The van der Waals surface area contributed by atoms with Crippen LogP contribution >= 0.6 is 0 Å². The highest BCUT2D eigenvalue weighted by atomic mass is 19.1. The van der Waals surface area contributed by atoms with Crippen molar-refractivity contribution in [2.24, 2.45) is 0 Å². The molecule has 0 radical (unpaired) electrons. The quantitative estimate of drug-likeness (QED) is 0.502. The molecule has 0 atom stereocenters. The number of aromatic amines is 1. The van der Waals surface area contributed by atoms with Gasteiger partial charge in [-0.05, 0) is 54.8 Å². The number of nitrogens with zero attached hydrogens (tertiary/aromatic N) is 2. The number of hydrogen-bond donors (Lipinski definition) is 2. The highest BCUT2D eigenvalue weighted by molar-refractivity contribution is 5.83. The van der Waals surface area contributed by atoms with Gasteiger partial charge in [0, 0.05) is 36.6 Å². The van der Waals surface area contributed by atoms with Gasteiger partial charge in [0.1, 0.15) is 17.4 Å². The van der Waals surface area contributed by atoms with Crippen molar-refractivity contribution in [2.45, 2.75) is 25.8 Å². The highest BCUT2D eigenvalue weighted by Crippen LogP contribution is 2.21. The number of aryl methyl sites for hydroxylation is 1. The molecule has 1 aliphatic heterocycles. The molecule has 31 heavy (non-hydrogen) atoms. The molecular formula is C23H21FN4O3. The first-order chi connectivity index (χ1) is 15.1. The molecule has 0 saturated carbocycles. The van der Waals surface area contributed by atoms with Crippen LogP contribution in [0, 0.1) is 5.82 Å². The normalized spacial score (nSPS) is 12.9. The Morgan fingerprint density at radius 2 is 2.13 bits per heavy atom. The van der Waals surface area contributed by atoms with Crippen molar-refractivity contribution in [2.75, 3.05) is 13.2 Å².